The molecule has 2 aromatic carbocycles. The molecule has 2 rings (SSSR count). The second-order valence-electron chi connectivity index (χ2n) is 7.43. The number of halogens is 3. The van der Waals surface area contributed by atoms with E-state index in [0.29, 0.717) is 10.6 Å². The van der Waals surface area contributed by atoms with Crippen LogP contribution in [0.15, 0.2) is 36.4 Å². The largest absolute Gasteiger partial charge is 0.508 e. The average molecular weight is 475 g/mol. The van der Waals surface area contributed by atoms with E-state index >= 15 is 0 Å². The summed E-state index contributed by atoms with van der Waals surface area (Å²) in [7, 11) is 0. The van der Waals surface area contributed by atoms with E-state index in [1.165, 1.54) is 24.3 Å². The van der Waals surface area contributed by atoms with Crippen molar-refractivity contribution in [3.05, 3.63) is 57.0 Å². The number of carbonyl (C=O) groups excluding carboxylic acids is 2. The van der Waals surface area contributed by atoms with Crippen molar-refractivity contribution >= 4 is 52.5 Å². The molecule has 0 spiro atoms. The lowest BCUT2D eigenvalue weighted by molar-refractivity contribution is -0.122. The third kappa shape index (κ3) is 7.48. The summed E-state index contributed by atoms with van der Waals surface area (Å²) < 4.78 is 5.24. The number of rotatable bonds is 6. The van der Waals surface area contributed by atoms with Crippen LogP contribution >= 0.6 is 34.8 Å². The Balaban J connectivity index is 2.14. The monoisotopic (exact) mass is 473 g/mol. The number of aromatic hydroxyl groups is 1. The van der Waals surface area contributed by atoms with Crippen LogP contribution in [0.2, 0.25) is 15.1 Å². The first-order chi connectivity index (χ1) is 13.9. The van der Waals surface area contributed by atoms with Crippen molar-refractivity contribution < 1.29 is 19.4 Å². The minimum atomic E-state index is -0.984. The molecular weight excluding hydrogens is 453 g/mol. The van der Waals surface area contributed by atoms with Gasteiger partial charge < -0.3 is 15.2 Å². The van der Waals surface area contributed by atoms with Crippen LogP contribution in [0.3, 0.4) is 0 Å². The quantitative estimate of drug-likeness (QED) is 0.445. The summed E-state index contributed by atoms with van der Waals surface area (Å²) in [6.07, 6.45) is -0.598. The number of hydrogen-bond acceptors (Lipinski definition) is 5. The number of carbonyl (C=O) groups is 2. The van der Waals surface area contributed by atoms with Crippen molar-refractivity contribution in [1.82, 2.24) is 10.7 Å². The zero-order valence-electron chi connectivity index (χ0n) is 16.6. The van der Waals surface area contributed by atoms with Gasteiger partial charge in [0.15, 0.2) is 0 Å². The van der Waals surface area contributed by atoms with Crippen LogP contribution in [0.1, 0.15) is 26.3 Å². The predicted octanol–water partition coefficient (Wildman–Crippen LogP) is 4.93. The molecule has 2 amide bonds. The van der Waals surface area contributed by atoms with E-state index in [4.69, 9.17) is 39.5 Å². The van der Waals surface area contributed by atoms with Crippen molar-refractivity contribution in [2.24, 2.45) is 0 Å². The van der Waals surface area contributed by atoms with E-state index in [1.54, 1.807) is 32.9 Å². The second-order valence-corrected chi connectivity index (χ2v) is 8.68. The summed E-state index contributed by atoms with van der Waals surface area (Å²) in [4.78, 5) is 25.0. The van der Waals surface area contributed by atoms with Gasteiger partial charge in [-0.3, -0.25) is 15.6 Å². The first-order valence-electron chi connectivity index (χ1n) is 8.92. The highest BCUT2D eigenvalue weighted by Gasteiger charge is 2.25. The predicted molar refractivity (Wildman–Crippen MR) is 118 cm³/mol. The Morgan fingerprint density at radius 3 is 2.17 bits per heavy atom. The summed E-state index contributed by atoms with van der Waals surface area (Å²) in [5, 5.41) is 12.8. The molecule has 162 valence electrons. The first-order valence-corrected chi connectivity index (χ1v) is 10.1. The van der Waals surface area contributed by atoms with Crippen molar-refractivity contribution in [3.8, 4) is 5.75 Å². The molecule has 0 aliphatic heterocycles. The van der Waals surface area contributed by atoms with Crippen molar-refractivity contribution in [1.29, 1.82) is 0 Å². The molecule has 0 aliphatic rings. The number of phenols is 1. The van der Waals surface area contributed by atoms with Crippen LogP contribution in [0.25, 0.3) is 0 Å². The van der Waals surface area contributed by atoms with Gasteiger partial charge in [-0.15, -0.1) is 0 Å². The number of anilines is 1. The van der Waals surface area contributed by atoms with Crippen molar-refractivity contribution in [2.45, 2.75) is 38.8 Å². The van der Waals surface area contributed by atoms with Crippen LogP contribution in [-0.4, -0.2) is 28.7 Å². The normalized spacial score (nSPS) is 12.1. The number of benzene rings is 2. The van der Waals surface area contributed by atoms with E-state index in [1.807, 2.05) is 0 Å². The Labute approximate surface area is 189 Å². The maximum atomic E-state index is 12.8. The molecule has 10 heteroatoms. The Morgan fingerprint density at radius 1 is 1.07 bits per heavy atom. The van der Waals surface area contributed by atoms with Gasteiger partial charge in [-0.05, 0) is 50.6 Å². The van der Waals surface area contributed by atoms with Gasteiger partial charge in [0.25, 0.3) is 5.91 Å². The Hall–Kier alpha value is -2.35. The standard InChI is InChI=1S/C20H22Cl3N3O4/c1-20(2,3)30-19(29)24-16(8-11-4-6-13(27)7-5-11)18(28)26-25-17-14(22)9-12(21)10-15(17)23/h4-7,9-10,16,25,27H,8H2,1-3H3,(H,24,29)(H,26,28). The number of nitrogens with one attached hydrogen (secondary N) is 3. The summed E-state index contributed by atoms with van der Waals surface area (Å²) >= 11 is 18.1. The molecule has 0 saturated heterocycles. The highest BCUT2D eigenvalue weighted by Crippen LogP contribution is 2.33. The average Bonchev–Trinajstić information content (AvgIpc) is 2.60. The number of alkyl carbamates (subject to hydrolysis) is 1. The fourth-order valence-electron chi connectivity index (χ4n) is 2.40. The number of phenolic OH excluding ortho intramolecular Hbond substituents is 1. The van der Waals surface area contributed by atoms with Gasteiger partial charge in [-0.25, -0.2) is 4.79 Å². The minimum absolute atomic E-state index is 0.0912. The highest BCUT2D eigenvalue weighted by atomic mass is 35.5. The van der Waals surface area contributed by atoms with E-state index in [2.05, 4.69) is 16.2 Å². The molecular formula is C20H22Cl3N3O4. The molecule has 30 heavy (non-hydrogen) atoms. The molecule has 2 aromatic rings. The van der Waals surface area contributed by atoms with Crippen LogP contribution in [0.5, 0.6) is 5.75 Å². The minimum Gasteiger partial charge on any atom is -0.508 e. The van der Waals surface area contributed by atoms with Crippen molar-refractivity contribution in [2.75, 3.05) is 5.43 Å². The maximum Gasteiger partial charge on any atom is 0.408 e. The molecule has 0 aliphatic carbocycles. The topological polar surface area (TPSA) is 99.7 Å². The molecule has 0 bridgehead atoms. The molecule has 0 heterocycles. The molecule has 0 radical (unpaired) electrons. The Morgan fingerprint density at radius 2 is 1.63 bits per heavy atom. The van der Waals surface area contributed by atoms with E-state index < -0.39 is 23.6 Å². The van der Waals surface area contributed by atoms with Crippen molar-refractivity contribution in [3.63, 3.8) is 0 Å². The van der Waals surface area contributed by atoms with Crippen LogP contribution in [-0.2, 0) is 16.0 Å². The van der Waals surface area contributed by atoms with Crippen LogP contribution < -0.4 is 16.2 Å². The van der Waals surface area contributed by atoms with Gasteiger partial charge >= 0.3 is 6.09 Å². The summed E-state index contributed by atoms with van der Waals surface area (Å²) in [6.45, 7) is 5.15. The van der Waals surface area contributed by atoms with Gasteiger partial charge in [-0.2, -0.15) is 0 Å². The Kier molecular flexibility index (Phi) is 8.06. The smallest absolute Gasteiger partial charge is 0.408 e. The van der Waals surface area contributed by atoms with Gasteiger partial charge in [0, 0.05) is 11.4 Å². The third-order valence-electron chi connectivity index (χ3n) is 3.70. The van der Waals surface area contributed by atoms with E-state index in [-0.39, 0.29) is 27.9 Å². The SMILES string of the molecule is CC(C)(C)OC(=O)NC(Cc1ccc(O)cc1)C(=O)NNc1c(Cl)cc(Cl)cc1Cl. The molecule has 0 fully saturated rings. The fraction of sp³-hybridized carbons (Fsp3) is 0.300. The lowest BCUT2D eigenvalue weighted by Gasteiger charge is -2.24. The molecule has 1 atom stereocenters. The Bertz CT molecular complexity index is 891. The highest BCUT2D eigenvalue weighted by molar-refractivity contribution is 6.41. The first kappa shape index (κ1) is 23.9. The zero-order chi connectivity index (χ0) is 22.5. The second kappa shape index (κ2) is 10.1. The van der Waals surface area contributed by atoms with Gasteiger partial charge in [0.1, 0.15) is 17.4 Å². The van der Waals surface area contributed by atoms with Gasteiger partial charge in [0.05, 0.1) is 15.7 Å². The van der Waals surface area contributed by atoms with Crippen LogP contribution in [0.4, 0.5) is 10.5 Å². The molecule has 4 N–H and O–H groups in total. The van der Waals surface area contributed by atoms with E-state index in [9.17, 15) is 14.7 Å². The summed E-state index contributed by atoms with van der Waals surface area (Å²) in [6, 6.07) is 8.22. The molecule has 7 nitrogen and oxygen atoms in total. The number of amides is 2. The van der Waals surface area contributed by atoms with Gasteiger partial charge in [0.2, 0.25) is 0 Å². The third-order valence-corrected chi connectivity index (χ3v) is 4.52. The summed E-state index contributed by atoms with van der Waals surface area (Å²) in [5.41, 5.74) is 5.38. The van der Waals surface area contributed by atoms with Crippen LogP contribution in [0, 0.1) is 0 Å². The molecule has 0 aromatic heterocycles. The van der Waals surface area contributed by atoms with Gasteiger partial charge in [-0.1, -0.05) is 46.9 Å². The number of hydrazine groups is 1. The number of ether oxygens (including phenoxy) is 1. The number of hydrogen-bond donors (Lipinski definition) is 4. The summed E-state index contributed by atoms with van der Waals surface area (Å²) in [5.74, 6) is -0.468. The lowest BCUT2D eigenvalue weighted by Crippen LogP contribution is -2.50. The van der Waals surface area contributed by atoms with E-state index in [0.717, 1.165) is 0 Å². The maximum absolute atomic E-state index is 12.8. The zero-order valence-corrected chi connectivity index (χ0v) is 18.8. The lowest BCUT2D eigenvalue weighted by atomic mass is 10.1. The fourth-order valence-corrected chi connectivity index (χ4v) is 3.31. The molecule has 0 saturated carbocycles. The molecule has 1 unspecified atom stereocenters.